The SMILES string of the molecule is Oc1cccc(CN(Cc2ccccc2)CC2(O)CCOCC2)c1. The van der Waals surface area contributed by atoms with Crippen LogP contribution in [0.3, 0.4) is 0 Å². The van der Waals surface area contributed by atoms with Crippen molar-refractivity contribution in [3.8, 4) is 5.75 Å². The Labute approximate surface area is 143 Å². The Kier molecular flexibility index (Phi) is 5.51. The van der Waals surface area contributed by atoms with E-state index in [1.165, 1.54) is 5.56 Å². The molecule has 0 radical (unpaired) electrons. The minimum atomic E-state index is -0.705. The highest BCUT2D eigenvalue weighted by Crippen LogP contribution is 2.24. The predicted molar refractivity (Wildman–Crippen MR) is 93.7 cm³/mol. The third kappa shape index (κ3) is 4.81. The number of benzene rings is 2. The van der Waals surface area contributed by atoms with Gasteiger partial charge >= 0.3 is 0 Å². The van der Waals surface area contributed by atoms with Gasteiger partial charge in [0.25, 0.3) is 0 Å². The summed E-state index contributed by atoms with van der Waals surface area (Å²) in [6.45, 7) is 3.27. The quantitative estimate of drug-likeness (QED) is 0.856. The Hall–Kier alpha value is -1.88. The zero-order valence-electron chi connectivity index (χ0n) is 13.9. The number of aromatic hydroxyl groups is 1. The molecule has 0 aromatic heterocycles. The van der Waals surface area contributed by atoms with Crippen molar-refractivity contribution in [2.75, 3.05) is 19.8 Å². The van der Waals surface area contributed by atoms with Crippen LogP contribution in [0.2, 0.25) is 0 Å². The molecule has 0 saturated carbocycles. The van der Waals surface area contributed by atoms with Crippen LogP contribution in [0.15, 0.2) is 54.6 Å². The highest BCUT2D eigenvalue weighted by molar-refractivity contribution is 5.27. The van der Waals surface area contributed by atoms with Gasteiger partial charge in [0, 0.05) is 45.7 Å². The lowest BCUT2D eigenvalue weighted by Gasteiger charge is -2.37. The summed E-state index contributed by atoms with van der Waals surface area (Å²) >= 11 is 0. The molecule has 0 amide bonds. The van der Waals surface area contributed by atoms with Crippen molar-refractivity contribution in [1.29, 1.82) is 0 Å². The van der Waals surface area contributed by atoms with Gasteiger partial charge in [-0.25, -0.2) is 0 Å². The summed E-state index contributed by atoms with van der Waals surface area (Å²) in [4.78, 5) is 2.25. The van der Waals surface area contributed by atoms with Crippen LogP contribution in [0.25, 0.3) is 0 Å². The van der Waals surface area contributed by atoms with Gasteiger partial charge < -0.3 is 14.9 Å². The Bertz CT molecular complexity index is 638. The first-order valence-electron chi connectivity index (χ1n) is 8.47. The molecule has 2 N–H and O–H groups in total. The monoisotopic (exact) mass is 327 g/mol. The third-order valence-electron chi connectivity index (χ3n) is 4.51. The maximum atomic E-state index is 10.9. The summed E-state index contributed by atoms with van der Waals surface area (Å²) < 4.78 is 5.39. The van der Waals surface area contributed by atoms with E-state index in [0.29, 0.717) is 39.1 Å². The molecule has 1 fully saturated rings. The van der Waals surface area contributed by atoms with E-state index in [1.54, 1.807) is 12.1 Å². The number of aliphatic hydroxyl groups is 1. The lowest BCUT2D eigenvalue weighted by molar-refractivity contribution is -0.0821. The molecular weight excluding hydrogens is 302 g/mol. The van der Waals surface area contributed by atoms with E-state index in [4.69, 9.17) is 4.74 Å². The molecule has 1 aliphatic heterocycles. The second-order valence-electron chi connectivity index (χ2n) is 6.64. The van der Waals surface area contributed by atoms with Gasteiger partial charge in [0.1, 0.15) is 5.75 Å². The zero-order valence-corrected chi connectivity index (χ0v) is 13.9. The number of rotatable bonds is 6. The number of phenolic OH excluding ortho intramolecular Hbond substituents is 1. The lowest BCUT2D eigenvalue weighted by Crippen LogP contribution is -2.46. The summed E-state index contributed by atoms with van der Waals surface area (Å²) in [5, 5.41) is 20.6. The number of phenols is 1. The minimum Gasteiger partial charge on any atom is -0.508 e. The predicted octanol–water partition coefficient (Wildman–Crippen LogP) is 2.94. The van der Waals surface area contributed by atoms with Crippen molar-refractivity contribution in [3.63, 3.8) is 0 Å². The van der Waals surface area contributed by atoms with E-state index in [-0.39, 0.29) is 5.75 Å². The van der Waals surface area contributed by atoms with E-state index in [1.807, 2.05) is 30.3 Å². The molecule has 4 heteroatoms. The number of hydrogen-bond donors (Lipinski definition) is 2. The van der Waals surface area contributed by atoms with Gasteiger partial charge in [0.05, 0.1) is 5.60 Å². The van der Waals surface area contributed by atoms with Gasteiger partial charge in [-0.3, -0.25) is 4.90 Å². The average molecular weight is 327 g/mol. The summed E-state index contributed by atoms with van der Waals surface area (Å²) in [6.07, 6.45) is 1.33. The zero-order chi connectivity index (χ0) is 16.8. The molecule has 0 aliphatic carbocycles. The molecule has 2 aromatic carbocycles. The Morgan fingerprint density at radius 1 is 0.917 bits per heavy atom. The van der Waals surface area contributed by atoms with Crippen molar-refractivity contribution in [2.45, 2.75) is 31.5 Å². The van der Waals surface area contributed by atoms with Crippen molar-refractivity contribution in [2.24, 2.45) is 0 Å². The Balaban J connectivity index is 1.74. The Morgan fingerprint density at radius 2 is 1.58 bits per heavy atom. The Morgan fingerprint density at radius 3 is 2.29 bits per heavy atom. The summed E-state index contributed by atoms with van der Waals surface area (Å²) in [5.41, 5.74) is 1.55. The van der Waals surface area contributed by atoms with Crippen molar-refractivity contribution < 1.29 is 14.9 Å². The van der Waals surface area contributed by atoms with Gasteiger partial charge in [0.15, 0.2) is 0 Å². The van der Waals surface area contributed by atoms with Crippen LogP contribution in [-0.2, 0) is 17.8 Å². The standard InChI is InChI=1S/C20H25NO3/c22-19-8-4-7-18(13-19)15-21(14-17-5-2-1-3-6-17)16-20(23)9-11-24-12-10-20/h1-8,13,22-23H,9-12,14-16H2. The second-order valence-corrected chi connectivity index (χ2v) is 6.64. The maximum absolute atomic E-state index is 10.9. The molecule has 1 saturated heterocycles. The van der Waals surface area contributed by atoms with Crippen molar-refractivity contribution in [1.82, 2.24) is 4.90 Å². The first-order valence-corrected chi connectivity index (χ1v) is 8.47. The number of hydrogen-bond acceptors (Lipinski definition) is 4. The molecule has 3 rings (SSSR count). The summed E-state index contributed by atoms with van der Waals surface area (Å²) in [6, 6.07) is 17.6. The van der Waals surface area contributed by atoms with Crippen LogP contribution < -0.4 is 0 Å². The molecule has 0 unspecified atom stereocenters. The van der Waals surface area contributed by atoms with Gasteiger partial charge in [-0.15, -0.1) is 0 Å². The molecule has 128 valence electrons. The molecule has 1 heterocycles. The number of nitrogens with zero attached hydrogens (tertiary/aromatic N) is 1. The molecule has 4 nitrogen and oxygen atoms in total. The number of ether oxygens (including phenoxy) is 1. The molecule has 2 aromatic rings. The highest BCUT2D eigenvalue weighted by atomic mass is 16.5. The lowest BCUT2D eigenvalue weighted by atomic mass is 9.93. The maximum Gasteiger partial charge on any atom is 0.115 e. The molecule has 1 aliphatic rings. The van der Waals surface area contributed by atoms with Crippen LogP contribution in [0, 0.1) is 0 Å². The van der Waals surface area contributed by atoms with E-state index >= 15 is 0 Å². The topological polar surface area (TPSA) is 52.9 Å². The summed E-state index contributed by atoms with van der Waals surface area (Å²) in [5.74, 6) is 0.275. The van der Waals surface area contributed by atoms with Crippen LogP contribution in [0.1, 0.15) is 24.0 Å². The van der Waals surface area contributed by atoms with Gasteiger partial charge in [-0.1, -0.05) is 42.5 Å². The highest BCUT2D eigenvalue weighted by Gasteiger charge is 2.32. The molecular formula is C20H25NO3. The molecule has 24 heavy (non-hydrogen) atoms. The van der Waals surface area contributed by atoms with Gasteiger partial charge in [-0.2, -0.15) is 0 Å². The first kappa shape index (κ1) is 17.0. The molecule has 0 bridgehead atoms. The average Bonchev–Trinajstić information content (AvgIpc) is 2.56. The van der Waals surface area contributed by atoms with E-state index in [2.05, 4.69) is 17.0 Å². The largest absolute Gasteiger partial charge is 0.508 e. The normalized spacial score (nSPS) is 17.1. The van der Waals surface area contributed by atoms with E-state index < -0.39 is 5.60 Å². The second kappa shape index (κ2) is 7.79. The minimum absolute atomic E-state index is 0.275. The molecule has 0 atom stereocenters. The van der Waals surface area contributed by atoms with Gasteiger partial charge in [-0.05, 0) is 23.3 Å². The van der Waals surface area contributed by atoms with Gasteiger partial charge in [0.2, 0.25) is 0 Å². The van der Waals surface area contributed by atoms with E-state index in [0.717, 1.165) is 12.1 Å². The van der Waals surface area contributed by atoms with Crippen LogP contribution in [0.5, 0.6) is 5.75 Å². The first-order chi connectivity index (χ1) is 11.6. The van der Waals surface area contributed by atoms with Crippen LogP contribution in [-0.4, -0.2) is 40.5 Å². The van der Waals surface area contributed by atoms with Crippen LogP contribution in [0.4, 0.5) is 0 Å². The van der Waals surface area contributed by atoms with Crippen LogP contribution >= 0.6 is 0 Å². The fourth-order valence-electron chi connectivity index (χ4n) is 3.25. The smallest absolute Gasteiger partial charge is 0.115 e. The fraction of sp³-hybridized carbons (Fsp3) is 0.400. The fourth-order valence-corrected chi connectivity index (χ4v) is 3.25. The van der Waals surface area contributed by atoms with Crippen molar-refractivity contribution in [3.05, 3.63) is 65.7 Å². The molecule has 0 spiro atoms. The third-order valence-corrected chi connectivity index (χ3v) is 4.51. The summed E-state index contributed by atoms with van der Waals surface area (Å²) in [7, 11) is 0. The van der Waals surface area contributed by atoms with E-state index in [9.17, 15) is 10.2 Å². The van der Waals surface area contributed by atoms with Crippen molar-refractivity contribution >= 4 is 0 Å².